The maximum absolute atomic E-state index is 11.7. The molecule has 0 N–H and O–H groups in total. The highest BCUT2D eigenvalue weighted by Gasteiger charge is 2.28. The van der Waals surface area contributed by atoms with E-state index in [1.807, 2.05) is 32.0 Å². The van der Waals surface area contributed by atoms with Gasteiger partial charge in [0.2, 0.25) is 10.0 Å². The number of aromatic nitrogens is 2. The summed E-state index contributed by atoms with van der Waals surface area (Å²) in [6, 6.07) is 1.93. The lowest BCUT2D eigenvalue weighted by Crippen LogP contribution is -2.38. The quantitative estimate of drug-likeness (QED) is 0.832. The van der Waals surface area contributed by atoms with Crippen molar-refractivity contribution in [2.75, 3.05) is 38.3 Å². The molecule has 2 rings (SSSR count). The molecule has 6 nitrogen and oxygen atoms in total. The Labute approximate surface area is 120 Å². The number of nitrogens with zero attached hydrogens (tertiary/aromatic N) is 4. The number of hydrogen-bond acceptors (Lipinski definition) is 5. The van der Waals surface area contributed by atoms with Gasteiger partial charge in [0.05, 0.1) is 6.26 Å². The van der Waals surface area contributed by atoms with Gasteiger partial charge in [-0.05, 0) is 19.8 Å². The topological polar surface area (TPSA) is 66.4 Å². The Morgan fingerprint density at radius 1 is 1.35 bits per heavy atom. The van der Waals surface area contributed by atoms with Crippen LogP contribution < -0.4 is 4.90 Å². The van der Waals surface area contributed by atoms with Gasteiger partial charge in [0.15, 0.2) is 0 Å². The minimum absolute atomic E-state index is 0.0806. The Hall–Kier alpha value is -1.21. The molecular formula is C13H22N4O2S. The number of anilines is 1. The first-order valence-corrected chi connectivity index (χ1v) is 8.60. The lowest BCUT2D eigenvalue weighted by molar-refractivity contribution is 0.311. The van der Waals surface area contributed by atoms with Crippen molar-refractivity contribution in [3.8, 4) is 0 Å². The molecule has 0 unspecified atom stereocenters. The van der Waals surface area contributed by atoms with Crippen LogP contribution in [0.5, 0.6) is 0 Å². The van der Waals surface area contributed by atoms with E-state index >= 15 is 0 Å². The number of hydrogen-bond donors (Lipinski definition) is 0. The molecule has 7 heteroatoms. The van der Waals surface area contributed by atoms with Gasteiger partial charge in [-0.25, -0.2) is 22.7 Å². The minimum atomic E-state index is -3.14. The zero-order chi connectivity index (χ0) is 14.9. The molecule has 0 bridgehead atoms. The van der Waals surface area contributed by atoms with Gasteiger partial charge in [0, 0.05) is 44.9 Å². The van der Waals surface area contributed by atoms with E-state index in [0.29, 0.717) is 13.1 Å². The summed E-state index contributed by atoms with van der Waals surface area (Å²) >= 11 is 0. The molecule has 1 aromatic rings. The largest absolute Gasteiger partial charge is 0.363 e. The van der Waals surface area contributed by atoms with Gasteiger partial charge in [-0.15, -0.1) is 0 Å². The summed E-state index contributed by atoms with van der Waals surface area (Å²) in [6.07, 6.45) is 3.05. The highest BCUT2D eigenvalue weighted by Crippen LogP contribution is 2.27. The summed E-state index contributed by atoms with van der Waals surface area (Å²) in [4.78, 5) is 11.0. The summed E-state index contributed by atoms with van der Waals surface area (Å²) in [6.45, 7) is 3.02. The Morgan fingerprint density at radius 3 is 2.65 bits per heavy atom. The molecular weight excluding hydrogens is 276 g/mol. The van der Waals surface area contributed by atoms with E-state index < -0.39 is 10.0 Å². The van der Waals surface area contributed by atoms with Crippen molar-refractivity contribution in [3.05, 3.63) is 17.6 Å². The third kappa shape index (κ3) is 3.46. The lowest BCUT2D eigenvalue weighted by atomic mass is 9.98. The molecule has 1 atom stereocenters. The van der Waals surface area contributed by atoms with Crippen molar-refractivity contribution >= 4 is 15.8 Å². The normalized spacial score (nSPS) is 20.9. The van der Waals surface area contributed by atoms with Crippen LogP contribution in [0.4, 0.5) is 5.82 Å². The average Bonchev–Trinajstić information content (AvgIpc) is 2.37. The van der Waals surface area contributed by atoms with Crippen LogP contribution in [0.2, 0.25) is 0 Å². The molecule has 0 radical (unpaired) electrons. The average molecular weight is 298 g/mol. The molecule has 2 heterocycles. The van der Waals surface area contributed by atoms with E-state index in [-0.39, 0.29) is 5.92 Å². The van der Waals surface area contributed by atoms with Crippen LogP contribution >= 0.6 is 0 Å². The highest BCUT2D eigenvalue weighted by molar-refractivity contribution is 7.88. The van der Waals surface area contributed by atoms with E-state index in [0.717, 1.165) is 30.2 Å². The third-order valence-corrected chi connectivity index (χ3v) is 4.80. The molecule has 1 saturated heterocycles. The monoisotopic (exact) mass is 298 g/mol. The minimum Gasteiger partial charge on any atom is -0.363 e. The second kappa shape index (κ2) is 5.65. The van der Waals surface area contributed by atoms with Crippen LogP contribution in [0.1, 0.15) is 30.3 Å². The molecule has 0 saturated carbocycles. The lowest BCUT2D eigenvalue weighted by Gasteiger charge is -2.30. The van der Waals surface area contributed by atoms with Crippen LogP contribution in [0.25, 0.3) is 0 Å². The van der Waals surface area contributed by atoms with Crippen molar-refractivity contribution in [1.82, 2.24) is 14.3 Å². The van der Waals surface area contributed by atoms with Gasteiger partial charge < -0.3 is 4.90 Å². The van der Waals surface area contributed by atoms with Crippen molar-refractivity contribution < 1.29 is 8.42 Å². The second-order valence-corrected chi connectivity index (χ2v) is 7.56. The Bertz CT molecular complexity index is 586. The van der Waals surface area contributed by atoms with Crippen LogP contribution in [0.15, 0.2) is 6.07 Å². The van der Waals surface area contributed by atoms with Gasteiger partial charge >= 0.3 is 0 Å². The van der Waals surface area contributed by atoms with E-state index in [4.69, 9.17) is 0 Å². The molecule has 0 aliphatic carbocycles. The highest BCUT2D eigenvalue weighted by atomic mass is 32.2. The smallest absolute Gasteiger partial charge is 0.211 e. The molecule has 20 heavy (non-hydrogen) atoms. The molecule has 1 fully saturated rings. The zero-order valence-corrected chi connectivity index (χ0v) is 13.3. The summed E-state index contributed by atoms with van der Waals surface area (Å²) in [5.74, 6) is 1.70. The predicted molar refractivity (Wildman–Crippen MR) is 79.5 cm³/mol. The van der Waals surface area contributed by atoms with Crippen LogP contribution in [0, 0.1) is 6.92 Å². The first-order valence-electron chi connectivity index (χ1n) is 6.75. The van der Waals surface area contributed by atoms with Crippen molar-refractivity contribution in [2.45, 2.75) is 25.7 Å². The Balaban J connectivity index is 2.27. The van der Waals surface area contributed by atoms with Gasteiger partial charge in [-0.2, -0.15) is 0 Å². The van der Waals surface area contributed by atoms with Gasteiger partial charge in [-0.3, -0.25) is 0 Å². The number of rotatable bonds is 3. The van der Waals surface area contributed by atoms with Crippen molar-refractivity contribution in [1.29, 1.82) is 0 Å². The molecule has 0 amide bonds. The van der Waals surface area contributed by atoms with E-state index in [1.165, 1.54) is 10.6 Å². The molecule has 1 aliphatic heterocycles. The standard InChI is InChI=1S/C13H22N4O2S/c1-10-8-12(16(2)3)15-13(14-10)11-6-5-7-17(9-11)20(4,18)19/h8,11H,5-7,9H2,1-4H3/t11-/m0/s1. The molecule has 1 aliphatic rings. The van der Waals surface area contributed by atoms with Gasteiger partial charge in [-0.1, -0.05) is 0 Å². The first-order chi connectivity index (χ1) is 9.27. The fraction of sp³-hybridized carbons (Fsp3) is 0.692. The SMILES string of the molecule is Cc1cc(N(C)C)nc([C@H]2CCCN(S(C)(=O)=O)C2)n1. The zero-order valence-electron chi connectivity index (χ0n) is 12.5. The second-order valence-electron chi connectivity index (χ2n) is 5.58. The molecule has 1 aromatic heterocycles. The fourth-order valence-electron chi connectivity index (χ4n) is 2.44. The number of piperidine rings is 1. The summed E-state index contributed by atoms with van der Waals surface area (Å²) in [5.41, 5.74) is 0.912. The van der Waals surface area contributed by atoms with Crippen molar-refractivity contribution in [2.24, 2.45) is 0 Å². The van der Waals surface area contributed by atoms with E-state index in [1.54, 1.807) is 0 Å². The first kappa shape index (κ1) is 15.2. The third-order valence-electron chi connectivity index (χ3n) is 3.53. The summed E-state index contributed by atoms with van der Waals surface area (Å²) in [5, 5.41) is 0. The maximum Gasteiger partial charge on any atom is 0.211 e. The fourth-order valence-corrected chi connectivity index (χ4v) is 3.35. The van der Waals surface area contributed by atoms with Crippen molar-refractivity contribution in [3.63, 3.8) is 0 Å². The number of sulfonamides is 1. The summed E-state index contributed by atoms with van der Waals surface area (Å²) in [7, 11) is 0.743. The van der Waals surface area contributed by atoms with Crippen LogP contribution in [0.3, 0.4) is 0 Å². The predicted octanol–water partition coefficient (Wildman–Crippen LogP) is 0.990. The summed E-state index contributed by atoms with van der Waals surface area (Å²) < 4.78 is 24.9. The van der Waals surface area contributed by atoms with E-state index in [9.17, 15) is 8.42 Å². The maximum atomic E-state index is 11.7. The molecule has 112 valence electrons. The Morgan fingerprint density at radius 2 is 2.05 bits per heavy atom. The Kier molecular flexibility index (Phi) is 4.29. The molecule has 0 aromatic carbocycles. The van der Waals surface area contributed by atoms with Crippen LogP contribution in [-0.4, -0.2) is 56.1 Å². The van der Waals surface area contributed by atoms with Gasteiger partial charge in [0.25, 0.3) is 0 Å². The number of aryl methyl sites for hydroxylation is 1. The molecule has 0 spiro atoms. The van der Waals surface area contributed by atoms with E-state index in [2.05, 4.69) is 9.97 Å². The van der Waals surface area contributed by atoms with Gasteiger partial charge in [0.1, 0.15) is 11.6 Å². The van der Waals surface area contributed by atoms with Crippen LogP contribution in [-0.2, 0) is 10.0 Å².